The van der Waals surface area contributed by atoms with Crippen LogP contribution in [0.4, 0.5) is 0 Å². The molecule has 0 saturated heterocycles. The molecule has 1 aromatic rings. The molecular weight excluding hydrogens is 396 g/mol. The maximum atomic E-state index is 13.4. The number of hydrogen-bond donors (Lipinski definition) is 1. The highest BCUT2D eigenvalue weighted by molar-refractivity contribution is 7.98. The van der Waals surface area contributed by atoms with Crippen molar-refractivity contribution in [2.24, 2.45) is 0 Å². The van der Waals surface area contributed by atoms with Gasteiger partial charge in [0.05, 0.1) is 25.8 Å². The Balaban J connectivity index is 0.00000218. The zero-order valence-corrected chi connectivity index (χ0v) is 20.4. The van der Waals surface area contributed by atoms with E-state index in [-0.39, 0.29) is 11.9 Å². The van der Waals surface area contributed by atoms with Gasteiger partial charge >= 0.3 is 0 Å². The van der Waals surface area contributed by atoms with Gasteiger partial charge in [0.15, 0.2) is 11.5 Å². The Kier molecular flexibility index (Phi) is 11.2. The molecule has 5 nitrogen and oxygen atoms in total. The van der Waals surface area contributed by atoms with Gasteiger partial charge in [-0.3, -0.25) is 4.79 Å². The van der Waals surface area contributed by atoms with E-state index in [9.17, 15) is 4.79 Å². The van der Waals surface area contributed by atoms with Crippen molar-refractivity contribution in [1.82, 2.24) is 10.2 Å². The van der Waals surface area contributed by atoms with E-state index in [0.29, 0.717) is 18.0 Å². The van der Waals surface area contributed by atoms with Gasteiger partial charge in [-0.25, -0.2) is 0 Å². The number of methoxy groups -OCH3 is 2. The van der Waals surface area contributed by atoms with Crippen molar-refractivity contribution in [3.05, 3.63) is 58.8 Å². The van der Waals surface area contributed by atoms with Crippen molar-refractivity contribution in [2.75, 3.05) is 39.8 Å². The fourth-order valence-corrected chi connectivity index (χ4v) is 4.18. The molecule has 0 saturated carbocycles. The molecule has 1 atom stereocenters. The van der Waals surface area contributed by atoms with Crippen molar-refractivity contribution < 1.29 is 14.3 Å². The lowest BCUT2D eigenvalue weighted by Crippen LogP contribution is -2.34. The monoisotopic (exact) mass is 432 g/mol. The quantitative estimate of drug-likeness (QED) is 0.597. The lowest BCUT2D eigenvalue weighted by Gasteiger charge is -2.29. The molecular formula is C24H36N2O3S. The summed E-state index contributed by atoms with van der Waals surface area (Å²) in [4.78, 5) is 15.4. The van der Waals surface area contributed by atoms with Crippen molar-refractivity contribution in [3.8, 4) is 11.5 Å². The van der Waals surface area contributed by atoms with Crippen LogP contribution in [0.5, 0.6) is 11.5 Å². The molecule has 1 aromatic carbocycles. The molecule has 0 radical (unpaired) electrons. The number of allylic oxidation sites excluding steroid dienone is 2. The third-order valence-electron chi connectivity index (χ3n) is 4.82. The van der Waals surface area contributed by atoms with E-state index in [0.717, 1.165) is 28.2 Å². The van der Waals surface area contributed by atoms with E-state index >= 15 is 0 Å². The summed E-state index contributed by atoms with van der Waals surface area (Å²) in [7, 11) is 5.09. The molecule has 6 heteroatoms. The molecule has 0 aliphatic carbocycles. The Labute approximate surface area is 186 Å². The van der Waals surface area contributed by atoms with E-state index < -0.39 is 0 Å². The smallest absolute Gasteiger partial charge is 0.257 e. The van der Waals surface area contributed by atoms with E-state index in [4.69, 9.17) is 9.47 Å². The highest BCUT2D eigenvalue weighted by atomic mass is 32.2. The molecule has 0 fully saturated rings. The van der Waals surface area contributed by atoms with Crippen LogP contribution < -0.4 is 14.8 Å². The van der Waals surface area contributed by atoms with Gasteiger partial charge in [-0.05, 0) is 43.4 Å². The summed E-state index contributed by atoms with van der Waals surface area (Å²) in [5.74, 6) is 2.19. The molecule has 1 heterocycles. The Hall–Kier alpha value is -2.34. The average Bonchev–Trinajstić information content (AvgIpc) is 3.10. The normalized spacial score (nSPS) is 15.3. The molecule has 1 aliphatic heterocycles. The number of likely N-dealkylation sites (N-methyl/N-ethyl adjacent to an activating group) is 1. The molecule has 1 N–H and O–H groups in total. The van der Waals surface area contributed by atoms with Crippen molar-refractivity contribution in [2.45, 2.75) is 33.7 Å². The van der Waals surface area contributed by atoms with Crippen LogP contribution in [0.25, 0.3) is 0 Å². The summed E-state index contributed by atoms with van der Waals surface area (Å²) < 4.78 is 10.8. The molecule has 2 rings (SSSR count). The first-order valence-electron chi connectivity index (χ1n) is 10.3. The molecule has 30 heavy (non-hydrogen) atoms. The number of ether oxygens (including phenoxy) is 2. The average molecular weight is 433 g/mol. The highest BCUT2D eigenvalue weighted by Crippen LogP contribution is 2.37. The predicted octanol–water partition coefficient (Wildman–Crippen LogP) is 4.97. The molecule has 1 aliphatic rings. The van der Waals surface area contributed by atoms with Crippen molar-refractivity contribution in [1.29, 1.82) is 0 Å². The number of amides is 1. The molecule has 1 amide bonds. The maximum absolute atomic E-state index is 13.4. The van der Waals surface area contributed by atoms with Gasteiger partial charge in [0.1, 0.15) is 0 Å². The van der Waals surface area contributed by atoms with Crippen molar-refractivity contribution in [3.63, 3.8) is 0 Å². The lowest BCUT2D eigenvalue weighted by atomic mass is 10.1. The van der Waals surface area contributed by atoms with E-state index in [1.54, 1.807) is 26.0 Å². The second kappa shape index (κ2) is 13.1. The van der Waals surface area contributed by atoms with E-state index in [2.05, 4.69) is 11.6 Å². The highest BCUT2D eigenvalue weighted by Gasteiger charge is 2.36. The molecule has 0 aromatic heterocycles. The van der Waals surface area contributed by atoms with Gasteiger partial charge in [0.2, 0.25) is 0 Å². The number of nitrogens with zero attached hydrogens (tertiary/aromatic N) is 1. The number of carbonyl (C=O) groups excluding carboxylic acids is 1. The van der Waals surface area contributed by atoms with Crippen LogP contribution in [0.15, 0.2) is 53.3 Å². The number of thioether (sulfide) groups is 1. The summed E-state index contributed by atoms with van der Waals surface area (Å²) >= 11 is 1.72. The number of nitrogens with one attached hydrogen (secondary N) is 1. The third kappa shape index (κ3) is 5.63. The minimum Gasteiger partial charge on any atom is -0.493 e. The van der Waals surface area contributed by atoms with Crippen LogP contribution in [-0.4, -0.2) is 50.6 Å². The van der Waals surface area contributed by atoms with Gasteiger partial charge < -0.3 is 19.7 Å². The minimum atomic E-state index is -0.0602. The van der Waals surface area contributed by atoms with Crippen LogP contribution in [0.3, 0.4) is 0 Å². The Bertz CT molecular complexity index is 800. The summed E-state index contributed by atoms with van der Waals surface area (Å²) in [6.45, 7) is 8.49. The van der Waals surface area contributed by atoms with Crippen LogP contribution >= 0.6 is 11.8 Å². The summed E-state index contributed by atoms with van der Waals surface area (Å²) in [5.41, 5.74) is 3.67. The number of rotatable bonds is 9. The van der Waals surface area contributed by atoms with Crippen LogP contribution in [-0.2, 0) is 4.79 Å². The standard InChI is InChI=1S/C22H30N2O3S.C2H6/c1-7-9-16-13-24(22(25)21(16)17(8-2)23-3)18(14-28-6)15-10-11-19(26-4)20(12-15)27-5;1-2/h7-12,18,23H,13-14H2,1-6H3;1-2H3/b9-7-,17-8+;. The Morgan fingerprint density at radius 3 is 2.40 bits per heavy atom. The number of carbonyl (C=O) groups is 1. The zero-order valence-electron chi connectivity index (χ0n) is 19.5. The van der Waals surface area contributed by atoms with Gasteiger partial charge in [-0.2, -0.15) is 11.8 Å². The zero-order chi connectivity index (χ0) is 22.7. The van der Waals surface area contributed by atoms with Gasteiger partial charge in [0.25, 0.3) is 5.91 Å². The summed E-state index contributed by atoms with van der Waals surface area (Å²) in [5, 5.41) is 3.16. The molecule has 0 bridgehead atoms. The lowest BCUT2D eigenvalue weighted by molar-refractivity contribution is -0.127. The first kappa shape index (κ1) is 25.7. The maximum Gasteiger partial charge on any atom is 0.257 e. The van der Waals surface area contributed by atoms with Gasteiger partial charge in [-0.1, -0.05) is 38.1 Å². The fourth-order valence-electron chi connectivity index (χ4n) is 3.49. The first-order valence-corrected chi connectivity index (χ1v) is 11.7. The summed E-state index contributed by atoms with van der Waals surface area (Å²) in [6.07, 6.45) is 8.01. The van der Waals surface area contributed by atoms with Crippen molar-refractivity contribution >= 4 is 17.7 Å². The second-order valence-electron chi connectivity index (χ2n) is 6.37. The molecule has 166 valence electrons. The van der Waals surface area contributed by atoms with Crippen LogP contribution in [0.2, 0.25) is 0 Å². The van der Waals surface area contributed by atoms with E-state index in [1.807, 2.05) is 76.1 Å². The number of benzene rings is 1. The van der Waals surface area contributed by atoms with Crippen LogP contribution in [0.1, 0.15) is 39.3 Å². The molecule has 0 spiro atoms. The SMILES string of the molecule is C/C=C\C1=C(C(=C\C)/NC)C(=O)N(C(CSC)c2ccc(OC)c(OC)c2)C1.CC. The largest absolute Gasteiger partial charge is 0.493 e. The predicted molar refractivity (Wildman–Crippen MR) is 128 cm³/mol. The number of hydrogen-bond acceptors (Lipinski definition) is 5. The minimum absolute atomic E-state index is 0.0457. The van der Waals surface area contributed by atoms with Gasteiger partial charge in [0, 0.05) is 25.0 Å². The first-order chi connectivity index (χ1) is 14.6. The summed E-state index contributed by atoms with van der Waals surface area (Å²) in [6, 6.07) is 5.82. The Morgan fingerprint density at radius 1 is 1.23 bits per heavy atom. The fraction of sp³-hybridized carbons (Fsp3) is 0.458. The van der Waals surface area contributed by atoms with Gasteiger partial charge in [-0.15, -0.1) is 0 Å². The molecule has 1 unspecified atom stereocenters. The van der Waals surface area contributed by atoms with E-state index in [1.165, 1.54) is 0 Å². The third-order valence-corrected chi connectivity index (χ3v) is 5.47. The second-order valence-corrected chi connectivity index (χ2v) is 7.28. The topological polar surface area (TPSA) is 50.8 Å². The Morgan fingerprint density at radius 2 is 1.90 bits per heavy atom. The van der Waals surface area contributed by atoms with Crippen LogP contribution in [0, 0.1) is 0 Å².